The smallest absolute Gasteiger partial charge is 0.412 e. The molecule has 1 amide bonds. The molecule has 0 bridgehead atoms. The van der Waals surface area contributed by atoms with Crippen LogP contribution >= 0.6 is 0 Å². The molecule has 2 aromatic carbocycles. The fraction of sp³-hybridized carbons (Fsp3) is 0.333. The zero-order valence-corrected chi connectivity index (χ0v) is 16.1. The van der Waals surface area contributed by atoms with Gasteiger partial charge in [-0.2, -0.15) is 5.26 Å². The molecule has 0 unspecified atom stereocenters. The first-order valence-electron chi connectivity index (χ1n) is 9.07. The Bertz CT molecular complexity index is 819. The van der Waals surface area contributed by atoms with E-state index in [9.17, 15) is 9.90 Å². The summed E-state index contributed by atoms with van der Waals surface area (Å²) in [5, 5.41) is 29.9. The topological polar surface area (TPSA) is 121 Å². The number of anilines is 1. The predicted octanol–water partition coefficient (Wildman–Crippen LogP) is 2.62. The second kappa shape index (κ2) is 11.7. The Balaban J connectivity index is 2.24. The summed E-state index contributed by atoms with van der Waals surface area (Å²) >= 11 is 0. The molecule has 2 rings (SSSR count). The number of aliphatic hydroxyl groups excluding tert-OH is 2. The van der Waals surface area contributed by atoms with E-state index in [1.54, 1.807) is 48.5 Å². The van der Waals surface area contributed by atoms with Crippen molar-refractivity contribution in [2.75, 3.05) is 32.2 Å². The third kappa shape index (κ3) is 6.47. The van der Waals surface area contributed by atoms with Crippen molar-refractivity contribution in [3.05, 3.63) is 59.7 Å². The number of nitrogens with one attached hydrogen (secondary N) is 1. The van der Waals surface area contributed by atoms with Crippen molar-refractivity contribution < 1.29 is 29.2 Å². The highest BCUT2D eigenvalue weighted by Crippen LogP contribution is 2.33. The molecule has 0 spiro atoms. The van der Waals surface area contributed by atoms with Gasteiger partial charge in [-0.15, -0.1) is 0 Å². The van der Waals surface area contributed by atoms with Crippen molar-refractivity contribution in [1.29, 1.82) is 5.26 Å². The second-order valence-corrected chi connectivity index (χ2v) is 6.04. The van der Waals surface area contributed by atoms with E-state index < -0.39 is 18.3 Å². The average molecular weight is 400 g/mol. The first kappa shape index (κ1) is 22.2. The van der Waals surface area contributed by atoms with Gasteiger partial charge in [0.15, 0.2) is 6.10 Å². The molecule has 0 aliphatic rings. The van der Waals surface area contributed by atoms with Crippen molar-refractivity contribution in [2.45, 2.75) is 18.6 Å². The van der Waals surface area contributed by atoms with Gasteiger partial charge in [0.2, 0.25) is 0 Å². The van der Waals surface area contributed by atoms with Crippen molar-refractivity contribution in [1.82, 2.24) is 0 Å². The fourth-order valence-electron chi connectivity index (χ4n) is 2.75. The number of carbonyl (C=O) groups excluding carboxylic acids is 1. The largest absolute Gasteiger partial charge is 0.491 e. The molecular formula is C21H24N2O6. The van der Waals surface area contributed by atoms with Crippen molar-refractivity contribution in [3.63, 3.8) is 0 Å². The van der Waals surface area contributed by atoms with Gasteiger partial charge in [0, 0.05) is 31.4 Å². The number of ether oxygens (including phenoxy) is 3. The molecule has 3 N–H and O–H groups in total. The van der Waals surface area contributed by atoms with E-state index in [1.165, 1.54) is 7.11 Å². The van der Waals surface area contributed by atoms with Crippen LogP contribution in [0.1, 0.15) is 23.7 Å². The monoisotopic (exact) mass is 400 g/mol. The Hall–Kier alpha value is -3.12. The highest BCUT2D eigenvalue weighted by atomic mass is 16.6. The molecule has 2 atom stereocenters. The summed E-state index contributed by atoms with van der Waals surface area (Å²) in [5.74, 6) is 0.442. The van der Waals surface area contributed by atoms with Crippen LogP contribution in [0, 0.1) is 11.3 Å². The minimum Gasteiger partial charge on any atom is -0.491 e. The maximum Gasteiger partial charge on any atom is 0.412 e. The van der Waals surface area contributed by atoms with Crippen LogP contribution in [0.5, 0.6) is 5.75 Å². The fourth-order valence-corrected chi connectivity index (χ4v) is 2.75. The Morgan fingerprint density at radius 2 is 1.86 bits per heavy atom. The lowest BCUT2D eigenvalue weighted by atomic mass is 10.0. The third-order valence-corrected chi connectivity index (χ3v) is 4.12. The quantitative estimate of drug-likeness (QED) is 0.560. The summed E-state index contributed by atoms with van der Waals surface area (Å²) in [7, 11) is 1.46. The van der Waals surface area contributed by atoms with Crippen molar-refractivity contribution >= 4 is 11.8 Å². The number of rotatable bonds is 10. The standard InChI is InChI=1S/C21H24N2O6/c1-27-19(10-11-24)20(17-4-2-3-5-18(17)28-13-12-25)29-21(26)23-16-8-6-15(14-22)7-9-16/h2-9,19-20,24-25H,10-13H2,1H3,(H,23,26)/t19-,20-/m0/s1. The zero-order chi connectivity index (χ0) is 21.1. The molecule has 0 aliphatic carbocycles. The van der Waals surface area contributed by atoms with E-state index in [2.05, 4.69) is 5.32 Å². The highest BCUT2D eigenvalue weighted by molar-refractivity contribution is 5.84. The zero-order valence-electron chi connectivity index (χ0n) is 16.1. The van der Waals surface area contributed by atoms with E-state index in [4.69, 9.17) is 24.6 Å². The molecule has 0 aliphatic heterocycles. The molecular weight excluding hydrogens is 376 g/mol. The van der Waals surface area contributed by atoms with Gasteiger partial charge in [0.05, 0.1) is 18.2 Å². The number of carbonyl (C=O) groups is 1. The van der Waals surface area contributed by atoms with Crippen LogP contribution in [0.25, 0.3) is 0 Å². The second-order valence-electron chi connectivity index (χ2n) is 6.04. The lowest BCUT2D eigenvalue weighted by Crippen LogP contribution is -2.29. The Kier molecular flexibility index (Phi) is 8.92. The van der Waals surface area contributed by atoms with Gasteiger partial charge in [-0.05, 0) is 30.3 Å². The summed E-state index contributed by atoms with van der Waals surface area (Å²) in [5.41, 5.74) is 1.49. The van der Waals surface area contributed by atoms with Crippen LogP contribution in [0.15, 0.2) is 48.5 Å². The molecule has 0 radical (unpaired) electrons. The molecule has 0 fully saturated rings. The van der Waals surface area contributed by atoms with Crippen molar-refractivity contribution in [2.24, 2.45) is 0 Å². The number of amides is 1. The molecule has 0 saturated carbocycles. The number of aliphatic hydroxyl groups is 2. The number of nitriles is 1. The predicted molar refractivity (Wildman–Crippen MR) is 106 cm³/mol. The molecule has 2 aromatic rings. The summed E-state index contributed by atoms with van der Waals surface area (Å²) in [6.07, 6.45) is -1.97. The van der Waals surface area contributed by atoms with Crippen LogP contribution < -0.4 is 10.1 Å². The maximum absolute atomic E-state index is 12.5. The third-order valence-electron chi connectivity index (χ3n) is 4.12. The molecule has 8 heteroatoms. The molecule has 154 valence electrons. The normalized spacial score (nSPS) is 12.5. The Morgan fingerprint density at radius 3 is 2.48 bits per heavy atom. The number of para-hydroxylation sites is 1. The highest BCUT2D eigenvalue weighted by Gasteiger charge is 2.29. The number of benzene rings is 2. The lowest BCUT2D eigenvalue weighted by molar-refractivity contribution is -0.0316. The van der Waals surface area contributed by atoms with E-state index in [1.807, 2.05) is 6.07 Å². The van der Waals surface area contributed by atoms with Gasteiger partial charge in [0.1, 0.15) is 18.5 Å². The van der Waals surface area contributed by atoms with Gasteiger partial charge in [0.25, 0.3) is 0 Å². The molecule has 29 heavy (non-hydrogen) atoms. The maximum atomic E-state index is 12.5. The summed E-state index contributed by atoms with van der Waals surface area (Å²) in [4.78, 5) is 12.5. The first-order valence-corrected chi connectivity index (χ1v) is 9.07. The number of hydrogen-bond donors (Lipinski definition) is 3. The molecule has 0 aromatic heterocycles. The Morgan fingerprint density at radius 1 is 1.14 bits per heavy atom. The number of hydrogen-bond acceptors (Lipinski definition) is 7. The van der Waals surface area contributed by atoms with Gasteiger partial charge < -0.3 is 24.4 Å². The molecule has 0 heterocycles. The van der Waals surface area contributed by atoms with Gasteiger partial charge >= 0.3 is 6.09 Å². The Labute approximate surface area is 169 Å². The van der Waals surface area contributed by atoms with Crippen molar-refractivity contribution in [3.8, 4) is 11.8 Å². The first-order chi connectivity index (χ1) is 14.1. The van der Waals surface area contributed by atoms with Crippen LogP contribution in [0.4, 0.5) is 10.5 Å². The minimum absolute atomic E-state index is 0.0822. The SMILES string of the molecule is CO[C@@H](CCO)[C@@H](OC(=O)Nc1ccc(C#N)cc1)c1ccccc1OCCO. The molecule has 0 saturated heterocycles. The number of methoxy groups -OCH3 is 1. The summed E-state index contributed by atoms with van der Waals surface area (Å²) in [6.45, 7) is -0.239. The summed E-state index contributed by atoms with van der Waals surface area (Å²) in [6, 6.07) is 15.3. The van der Waals surface area contributed by atoms with Crippen LogP contribution in [-0.2, 0) is 9.47 Å². The van der Waals surface area contributed by atoms with E-state index in [-0.39, 0.29) is 26.2 Å². The molecule has 8 nitrogen and oxygen atoms in total. The number of nitrogens with zero attached hydrogens (tertiary/aromatic N) is 1. The van der Waals surface area contributed by atoms with Crippen LogP contribution in [0.3, 0.4) is 0 Å². The summed E-state index contributed by atoms with van der Waals surface area (Å²) < 4.78 is 16.6. The van der Waals surface area contributed by atoms with Gasteiger partial charge in [-0.3, -0.25) is 5.32 Å². The van der Waals surface area contributed by atoms with E-state index in [0.29, 0.717) is 22.6 Å². The average Bonchev–Trinajstić information content (AvgIpc) is 2.75. The van der Waals surface area contributed by atoms with Gasteiger partial charge in [-0.25, -0.2) is 4.79 Å². The van der Waals surface area contributed by atoms with E-state index in [0.717, 1.165) is 0 Å². The van der Waals surface area contributed by atoms with Gasteiger partial charge in [-0.1, -0.05) is 18.2 Å². The van der Waals surface area contributed by atoms with Crippen LogP contribution in [-0.4, -0.2) is 49.3 Å². The van der Waals surface area contributed by atoms with Crippen LogP contribution in [0.2, 0.25) is 0 Å². The lowest BCUT2D eigenvalue weighted by Gasteiger charge is -2.27. The minimum atomic E-state index is -0.861. The van der Waals surface area contributed by atoms with E-state index >= 15 is 0 Å².